The number of carbonyl (C=O) groups excluding carboxylic acids is 1. The van der Waals surface area contributed by atoms with Crippen molar-refractivity contribution in [2.24, 2.45) is 0 Å². The predicted molar refractivity (Wildman–Crippen MR) is 74.7 cm³/mol. The zero-order valence-corrected chi connectivity index (χ0v) is 11.8. The van der Waals surface area contributed by atoms with Gasteiger partial charge in [0.2, 0.25) is 0 Å². The van der Waals surface area contributed by atoms with Crippen molar-refractivity contribution in [3.63, 3.8) is 0 Å². The van der Waals surface area contributed by atoms with E-state index in [0.717, 1.165) is 22.8 Å². The van der Waals surface area contributed by atoms with Crippen molar-refractivity contribution in [2.45, 2.75) is 19.1 Å². The third-order valence-electron chi connectivity index (χ3n) is 2.41. The molecule has 0 bridgehead atoms. The number of hydrogen-bond donors (Lipinski definition) is 0. The van der Waals surface area contributed by atoms with Crippen LogP contribution in [-0.2, 0) is 15.3 Å². The molecule has 0 aliphatic rings. The lowest BCUT2D eigenvalue weighted by molar-refractivity contribution is -0.134. The zero-order valence-electron chi connectivity index (χ0n) is 10.9. The van der Waals surface area contributed by atoms with Gasteiger partial charge in [-0.05, 0) is 29.0 Å². The molecule has 0 saturated heterocycles. The number of rotatable bonds is 6. The van der Waals surface area contributed by atoms with Crippen LogP contribution in [0.3, 0.4) is 0 Å². The Labute approximate surface area is 112 Å². The molecule has 0 spiro atoms. The molecule has 1 aromatic carbocycles. The van der Waals surface area contributed by atoms with Gasteiger partial charge in [0.15, 0.2) is 0 Å². The first-order valence-electron chi connectivity index (χ1n) is 5.73. The second kappa shape index (κ2) is 7.82. The monoisotopic (exact) mass is 266 g/mol. The molecule has 1 rings (SSSR count). The molecular weight excluding hydrogens is 248 g/mol. The van der Waals surface area contributed by atoms with Crippen LogP contribution >= 0.6 is 11.8 Å². The van der Waals surface area contributed by atoms with E-state index in [1.165, 1.54) is 12.7 Å². The van der Waals surface area contributed by atoms with E-state index in [-0.39, 0.29) is 5.97 Å². The molecule has 0 N–H and O–H groups in total. The number of benzene rings is 1. The summed E-state index contributed by atoms with van der Waals surface area (Å²) in [4.78, 5) is 12.2. The quantitative estimate of drug-likeness (QED) is 0.584. The summed E-state index contributed by atoms with van der Waals surface area (Å²) in [5.74, 6) is 1.39. The van der Waals surface area contributed by atoms with Gasteiger partial charge in [0.1, 0.15) is 5.75 Å². The third-order valence-corrected chi connectivity index (χ3v) is 3.67. The van der Waals surface area contributed by atoms with Crippen molar-refractivity contribution in [1.29, 1.82) is 0 Å². The predicted octanol–water partition coefficient (Wildman–Crippen LogP) is 3.40. The van der Waals surface area contributed by atoms with Crippen LogP contribution < -0.4 is 4.74 Å². The number of methoxy groups -OCH3 is 2. The first kappa shape index (κ1) is 14.6. The number of thioether (sulfide) groups is 1. The Morgan fingerprint density at radius 1 is 1.28 bits per heavy atom. The van der Waals surface area contributed by atoms with Gasteiger partial charge in [-0.1, -0.05) is 19.1 Å². The van der Waals surface area contributed by atoms with Gasteiger partial charge >= 0.3 is 5.97 Å². The number of allylic oxidation sites excluding steroid dienone is 1. The maximum absolute atomic E-state index is 11.1. The van der Waals surface area contributed by atoms with Crippen molar-refractivity contribution in [2.75, 3.05) is 14.2 Å². The van der Waals surface area contributed by atoms with Crippen molar-refractivity contribution in [3.8, 4) is 5.75 Å². The van der Waals surface area contributed by atoms with Gasteiger partial charge < -0.3 is 9.47 Å². The minimum atomic E-state index is -0.297. The van der Waals surface area contributed by atoms with Gasteiger partial charge in [-0.15, -0.1) is 11.8 Å². The maximum atomic E-state index is 11.1. The lowest BCUT2D eigenvalue weighted by Crippen LogP contribution is -1.96. The highest BCUT2D eigenvalue weighted by atomic mass is 32.2. The van der Waals surface area contributed by atoms with Crippen LogP contribution in [0.1, 0.15) is 18.9 Å². The summed E-state index contributed by atoms with van der Waals surface area (Å²) >= 11 is 1.65. The Kier molecular flexibility index (Phi) is 6.36. The van der Waals surface area contributed by atoms with Gasteiger partial charge in [-0.2, -0.15) is 0 Å². The normalized spacial score (nSPS) is 11.2. The first-order chi connectivity index (χ1) is 8.69. The van der Waals surface area contributed by atoms with Gasteiger partial charge in [-0.3, -0.25) is 0 Å². The number of hydrogen-bond acceptors (Lipinski definition) is 4. The zero-order chi connectivity index (χ0) is 13.4. The first-order valence-corrected chi connectivity index (χ1v) is 6.72. The molecule has 98 valence electrons. The summed E-state index contributed by atoms with van der Waals surface area (Å²) in [7, 11) is 3.04. The summed E-state index contributed by atoms with van der Waals surface area (Å²) in [5, 5.41) is 0. The van der Waals surface area contributed by atoms with Crippen molar-refractivity contribution in [3.05, 3.63) is 40.8 Å². The number of carbonyl (C=O) groups is 1. The molecule has 0 aliphatic heterocycles. The molecule has 0 heterocycles. The molecule has 0 amide bonds. The van der Waals surface area contributed by atoms with Crippen molar-refractivity contribution < 1.29 is 14.3 Å². The Hall–Kier alpha value is -1.42. The van der Waals surface area contributed by atoms with Crippen LogP contribution in [0.5, 0.6) is 5.75 Å². The highest BCUT2D eigenvalue weighted by Crippen LogP contribution is 2.24. The van der Waals surface area contributed by atoms with Crippen molar-refractivity contribution >= 4 is 17.7 Å². The molecule has 0 fully saturated rings. The molecule has 0 radical (unpaired) electrons. The van der Waals surface area contributed by atoms with Crippen molar-refractivity contribution in [1.82, 2.24) is 0 Å². The summed E-state index contributed by atoms with van der Waals surface area (Å²) in [6.07, 6.45) is 2.38. The maximum Gasteiger partial charge on any atom is 0.331 e. The Bertz CT molecular complexity index is 410. The minimum absolute atomic E-state index is 0.297. The van der Waals surface area contributed by atoms with Gasteiger partial charge in [0.25, 0.3) is 0 Å². The van der Waals surface area contributed by atoms with Crippen LogP contribution in [-0.4, -0.2) is 20.2 Å². The van der Waals surface area contributed by atoms with E-state index in [4.69, 9.17) is 4.74 Å². The smallest absolute Gasteiger partial charge is 0.331 e. The lowest BCUT2D eigenvalue weighted by atomic mass is 10.2. The summed E-state index contributed by atoms with van der Waals surface area (Å²) in [6, 6.07) is 7.92. The second-order valence-electron chi connectivity index (χ2n) is 3.62. The fraction of sp³-hybridized carbons (Fsp3) is 0.357. The molecule has 3 nitrogen and oxygen atoms in total. The molecule has 0 saturated carbocycles. The van der Waals surface area contributed by atoms with E-state index in [1.54, 1.807) is 24.9 Å². The SMILES string of the molecule is CC/C(=C/C(=O)OC)SCc1ccc(OC)cc1. The molecule has 18 heavy (non-hydrogen) atoms. The van der Waals surface area contributed by atoms with Gasteiger partial charge in [0, 0.05) is 11.8 Å². The van der Waals surface area contributed by atoms with E-state index in [2.05, 4.69) is 4.74 Å². The fourth-order valence-corrected chi connectivity index (χ4v) is 2.26. The van der Waals surface area contributed by atoms with E-state index in [0.29, 0.717) is 0 Å². The van der Waals surface area contributed by atoms with E-state index >= 15 is 0 Å². The van der Waals surface area contributed by atoms with E-state index in [1.807, 2.05) is 31.2 Å². The average Bonchev–Trinajstić information content (AvgIpc) is 2.43. The highest BCUT2D eigenvalue weighted by Gasteiger charge is 2.02. The highest BCUT2D eigenvalue weighted by molar-refractivity contribution is 8.02. The lowest BCUT2D eigenvalue weighted by Gasteiger charge is -2.05. The summed E-state index contributed by atoms with van der Waals surface area (Å²) < 4.78 is 9.72. The Morgan fingerprint density at radius 2 is 1.94 bits per heavy atom. The molecule has 0 atom stereocenters. The summed E-state index contributed by atoms with van der Waals surface area (Å²) in [6.45, 7) is 2.02. The average molecular weight is 266 g/mol. The van der Waals surface area contributed by atoms with Crippen LogP contribution in [0.4, 0.5) is 0 Å². The molecular formula is C14H18O3S. The molecule has 0 aliphatic carbocycles. The number of esters is 1. The Balaban J connectivity index is 2.56. The molecule has 4 heteroatoms. The van der Waals surface area contributed by atoms with E-state index in [9.17, 15) is 4.79 Å². The Morgan fingerprint density at radius 3 is 2.44 bits per heavy atom. The summed E-state index contributed by atoms with van der Waals surface area (Å²) in [5.41, 5.74) is 1.20. The minimum Gasteiger partial charge on any atom is -0.497 e. The van der Waals surface area contributed by atoms with Crippen LogP contribution in [0, 0.1) is 0 Å². The fourth-order valence-electron chi connectivity index (χ4n) is 1.33. The second-order valence-corrected chi connectivity index (χ2v) is 4.73. The van der Waals surface area contributed by atoms with Gasteiger partial charge in [-0.25, -0.2) is 4.79 Å². The van der Waals surface area contributed by atoms with Crippen LogP contribution in [0.25, 0.3) is 0 Å². The molecule has 1 aromatic rings. The van der Waals surface area contributed by atoms with Crippen LogP contribution in [0.2, 0.25) is 0 Å². The topological polar surface area (TPSA) is 35.5 Å². The third kappa shape index (κ3) is 4.84. The molecule has 0 aromatic heterocycles. The standard InChI is InChI=1S/C14H18O3S/c1-4-13(9-14(15)17-3)18-10-11-5-7-12(16-2)8-6-11/h5-9H,4,10H2,1-3H3/b13-9-. The largest absolute Gasteiger partial charge is 0.497 e. The van der Waals surface area contributed by atoms with Crippen LogP contribution in [0.15, 0.2) is 35.2 Å². The van der Waals surface area contributed by atoms with Gasteiger partial charge in [0.05, 0.1) is 14.2 Å². The molecule has 0 unspecified atom stereocenters. The van der Waals surface area contributed by atoms with E-state index < -0.39 is 0 Å². The number of ether oxygens (including phenoxy) is 2.